The first-order valence-corrected chi connectivity index (χ1v) is 8.97. The van der Waals surface area contributed by atoms with Gasteiger partial charge in [-0.25, -0.2) is 12.8 Å². The van der Waals surface area contributed by atoms with Crippen molar-refractivity contribution in [3.05, 3.63) is 22.2 Å². The largest absolute Gasteiger partial charge is 0.365 e. The fourth-order valence-electron chi connectivity index (χ4n) is 2.27. The molecule has 0 aromatic carbocycles. The zero-order valence-electron chi connectivity index (χ0n) is 9.97. The number of hydrogen-bond donors (Lipinski definition) is 1. The molecule has 2 aromatic heterocycles. The van der Waals surface area contributed by atoms with E-state index in [0.29, 0.717) is 16.9 Å². The molecule has 1 aliphatic carbocycles. The minimum Gasteiger partial charge on any atom is -0.365 e. The highest BCUT2D eigenvalue weighted by Gasteiger charge is 2.32. The molecule has 0 unspecified atom stereocenters. The second-order valence-corrected chi connectivity index (χ2v) is 8.42. The second-order valence-electron chi connectivity index (χ2n) is 4.39. The third kappa shape index (κ3) is 1.90. The van der Waals surface area contributed by atoms with Gasteiger partial charge >= 0.3 is 0 Å². The van der Waals surface area contributed by atoms with Gasteiger partial charge in [-0.2, -0.15) is 0 Å². The summed E-state index contributed by atoms with van der Waals surface area (Å²) in [5.74, 6) is -0.566. The standard InChI is InChI=1S/C11H10N2O3S3/c1-19(15,16)11-7-6(9(17-11)10(12)14)3-2-5-4-13-18-8(5)7/h4H,2-3H2,1H3,(H2,12,14). The van der Waals surface area contributed by atoms with Crippen molar-refractivity contribution >= 4 is 38.6 Å². The Balaban J connectivity index is 2.40. The van der Waals surface area contributed by atoms with Crippen LogP contribution < -0.4 is 5.73 Å². The molecule has 1 amide bonds. The zero-order valence-corrected chi connectivity index (χ0v) is 12.4. The van der Waals surface area contributed by atoms with E-state index in [9.17, 15) is 13.2 Å². The number of nitrogens with two attached hydrogens (primary N) is 1. The highest BCUT2D eigenvalue weighted by atomic mass is 32.2. The fourth-order valence-corrected chi connectivity index (χ4v) is 5.67. The predicted molar refractivity (Wildman–Crippen MR) is 74.5 cm³/mol. The van der Waals surface area contributed by atoms with Crippen molar-refractivity contribution in [3.63, 3.8) is 0 Å². The van der Waals surface area contributed by atoms with Crippen LogP contribution in [0.1, 0.15) is 20.8 Å². The lowest BCUT2D eigenvalue weighted by Gasteiger charge is -2.13. The topological polar surface area (TPSA) is 90.1 Å². The minimum absolute atomic E-state index is 0.224. The van der Waals surface area contributed by atoms with E-state index in [0.717, 1.165) is 40.0 Å². The Morgan fingerprint density at radius 3 is 2.79 bits per heavy atom. The molecule has 0 fully saturated rings. The van der Waals surface area contributed by atoms with Crippen LogP contribution in [-0.4, -0.2) is 25.0 Å². The van der Waals surface area contributed by atoms with Crippen LogP contribution in [0.2, 0.25) is 0 Å². The van der Waals surface area contributed by atoms with E-state index in [4.69, 9.17) is 5.73 Å². The zero-order chi connectivity index (χ0) is 13.8. The Hall–Kier alpha value is -1.25. The number of aromatic nitrogens is 1. The summed E-state index contributed by atoms with van der Waals surface area (Å²) in [4.78, 5) is 12.7. The van der Waals surface area contributed by atoms with Gasteiger partial charge in [0.15, 0.2) is 9.84 Å². The Morgan fingerprint density at radius 2 is 2.16 bits per heavy atom. The number of carbonyl (C=O) groups excluding carboxylic acids is 1. The summed E-state index contributed by atoms with van der Waals surface area (Å²) in [7, 11) is -3.39. The summed E-state index contributed by atoms with van der Waals surface area (Å²) < 4.78 is 28.2. The van der Waals surface area contributed by atoms with Gasteiger partial charge < -0.3 is 5.73 Å². The van der Waals surface area contributed by atoms with E-state index in [1.807, 2.05) is 0 Å². The molecule has 1 aliphatic rings. The number of fused-ring (bicyclic) bond motifs is 3. The van der Waals surface area contributed by atoms with Crippen molar-refractivity contribution in [3.8, 4) is 10.4 Å². The maximum atomic E-state index is 11.9. The molecule has 3 rings (SSSR count). The Labute approximate surface area is 118 Å². The molecule has 0 saturated carbocycles. The Morgan fingerprint density at radius 1 is 1.42 bits per heavy atom. The van der Waals surface area contributed by atoms with Gasteiger partial charge in [0.2, 0.25) is 0 Å². The average molecular weight is 314 g/mol. The first kappa shape index (κ1) is 12.8. The van der Waals surface area contributed by atoms with Crippen LogP contribution in [0.3, 0.4) is 0 Å². The molecule has 2 N–H and O–H groups in total. The normalized spacial score (nSPS) is 13.9. The van der Waals surface area contributed by atoms with Crippen molar-refractivity contribution in [2.75, 3.05) is 6.26 Å². The number of carbonyl (C=O) groups is 1. The van der Waals surface area contributed by atoms with Crippen LogP contribution in [0.15, 0.2) is 10.4 Å². The number of amides is 1. The van der Waals surface area contributed by atoms with E-state index < -0.39 is 15.7 Å². The number of hydrogen-bond acceptors (Lipinski definition) is 6. The molecule has 0 bridgehead atoms. The van der Waals surface area contributed by atoms with E-state index in [2.05, 4.69) is 4.37 Å². The summed E-state index contributed by atoms with van der Waals surface area (Å²) in [5, 5.41) is 0. The highest BCUT2D eigenvalue weighted by Crippen LogP contribution is 2.46. The molecule has 0 aliphatic heterocycles. The maximum Gasteiger partial charge on any atom is 0.259 e. The molecule has 5 nitrogen and oxygen atoms in total. The molecule has 2 heterocycles. The number of thiophene rings is 1. The van der Waals surface area contributed by atoms with Gasteiger partial charge in [-0.15, -0.1) is 11.3 Å². The van der Waals surface area contributed by atoms with Gasteiger partial charge in [0.1, 0.15) is 4.21 Å². The molecule has 0 spiro atoms. The SMILES string of the molecule is CS(=O)(=O)c1sc(C(N)=O)c2c1-c1sncc1CC2. The lowest BCUT2D eigenvalue weighted by atomic mass is 9.93. The molecular weight excluding hydrogens is 304 g/mol. The molecule has 19 heavy (non-hydrogen) atoms. The molecule has 2 aromatic rings. The number of primary amides is 1. The molecule has 0 saturated heterocycles. The third-order valence-corrected chi connectivity index (χ3v) is 6.99. The van der Waals surface area contributed by atoms with Crippen LogP contribution in [0, 0.1) is 0 Å². The van der Waals surface area contributed by atoms with Crippen molar-refractivity contribution < 1.29 is 13.2 Å². The maximum absolute atomic E-state index is 11.9. The van der Waals surface area contributed by atoms with Crippen LogP contribution in [0.25, 0.3) is 10.4 Å². The first-order valence-electron chi connectivity index (χ1n) is 5.49. The van der Waals surface area contributed by atoms with Crippen molar-refractivity contribution in [2.45, 2.75) is 17.1 Å². The minimum atomic E-state index is -3.39. The van der Waals surface area contributed by atoms with E-state index in [-0.39, 0.29) is 4.21 Å². The van der Waals surface area contributed by atoms with Crippen molar-refractivity contribution in [1.82, 2.24) is 4.37 Å². The van der Waals surface area contributed by atoms with Gasteiger partial charge in [0.05, 0.1) is 9.75 Å². The van der Waals surface area contributed by atoms with Gasteiger partial charge in [0, 0.05) is 18.0 Å². The smallest absolute Gasteiger partial charge is 0.259 e. The monoisotopic (exact) mass is 314 g/mol. The van der Waals surface area contributed by atoms with Crippen LogP contribution in [0.5, 0.6) is 0 Å². The Kier molecular flexibility index (Phi) is 2.77. The molecule has 8 heteroatoms. The van der Waals surface area contributed by atoms with E-state index in [1.165, 1.54) is 11.5 Å². The first-order chi connectivity index (χ1) is 8.89. The quantitative estimate of drug-likeness (QED) is 0.909. The van der Waals surface area contributed by atoms with Crippen LogP contribution in [0.4, 0.5) is 0 Å². The molecule has 0 radical (unpaired) electrons. The van der Waals surface area contributed by atoms with Crippen molar-refractivity contribution in [2.24, 2.45) is 5.73 Å². The third-order valence-electron chi connectivity index (χ3n) is 3.05. The molecule has 100 valence electrons. The molecule has 0 atom stereocenters. The summed E-state index contributed by atoms with van der Waals surface area (Å²) >= 11 is 2.24. The summed E-state index contributed by atoms with van der Waals surface area (Å²) in [6, 6.07) is 0. The molecular formula is C11H10N2O3S3. The predicted octanol–water partition coefficient (Wildman–Crippen LogP) is 1.47. The number of sulfone groups is 1. The second kappa shape index (κ2) is 4.12. The van der Waals surface area contributed by atoms with Gasteiger partial charge in [-0.05, 0) is 35.5 Å². The van der Waals surface area contributed by atoms with Crippen LogP contribution >= 0.6 is 22.9 Å². The Bertz CT molecular complexity index is 786. The van der Waals surface area contributed by atoms with E-state index in [1.54, 1.807) is 6.20 Å². The highest BCUT2D eigenvalue weighted by molar-refractivity contribution is 7.93. The summed E-state index contributed by atoms with van der Waals surface area (Å²) in [5.41, 5.74) is 7.79. The average Bonchev–Trinajstić information content (AvgIpc) is 2.90. The lowest BCUT2D eigenvalue weighted by Crippen LogP contribution is -2.13. The number of rotatable bonds is 2. The van der Waals surface area contributed by atoms with E-state index >= 15 is 0 Å². The van der Waals surface area contributed by atoms with Crippen LogP contribution in [-0.2, 0) is 22.7 Å². The van der Waals surface area contributed by atoms with Gasteiger partial charge in [0.25, 0.3) is 5.91 Å². The number of nitrogens with zero attached hydrogens (tertiary/aromatic N) is 1. The van der Waals surface area contributed by atoms with Crippen molar-refractivity contribution in [1.29, 1.82) is 0 Å². The van der Waals surface area contributed by atoms with Gasteiger partial charge in [-0.1, -0.05) is 0 Å². The lowest BCUT2D eigenvalue weighted by molar-refractivity contribution is 0.100. The van der Waals surface area contributed by atoms with Gasteiger partial charge in [-0.3, -0.25) is 4.79 Å². The fraction of sp³-hybridized carbons (Fsp3) is 0.273. The summed E-state index contributed by atoms with van der Waals surface area (Å²) in [6.45, 7) is 0. The number of aryl methyl sites for hydroxylation is 1. The summed E-state index contributed by atoms with van der Waals surface area (Å²) in [6.07, 6.45) is 4.31.